The Morgan fingerprint density at radius 3 is 2.85 bits per heavy atom. The lowest BCUT2D eigenvalue weighted by molar-refractivity contribution is -0.116. The quantitative estimate of drug-likeness (QED) is 0.776. The predicted octanol–water partition coefficient (Wildman–Crippen LogP) is 3.88. The van der Waals surface area contributed by atoms with Crippen LogP contribution in [0.15, 0.2) is 54.7 Å². The number of hydrogen-bond donors (Lipinski definition) is 1. The Labute approximate surface area is 150 Å². The van der Waals surface area contributed by atoms with Gasteiger partial charge >= 0.3 is 0 Å². The highest BCUT2D eigenvalue weighted by molar-refractivity contribution is 5.94. The minimum atomic E-state index is -0.315. The zero-order chi connectivity index (χ0) is 18.1. The van der Waals surface area contributed by atoms with Crippen molar-refractivity contribution in [2.24, 2.45) is 0 Å². The number of nitrogens with zero attached hydrogens (tertiary/aromatic N) is 2. The van der Waals surface area contributed by atoms with Gasteiger partial charge in [0.25, 0.3) is 0 Å². The maximum absolute atomic E-state index is 13.2. The summed E-state index contributed by atoms with van der Waals surface area (Å²) >= 11 is 0. The lowest BCUT2D eigenvalue weighted by Gasteiger charge is -2.24. The molecule has 1 atom stereocenters. The maximum Gasteiger partial charge on any atom is 0.226 e. The maximum atomic E-state index is 13.2. The van der Waals surface area contributed by atoms with Crippen molar-refractivity contribution in [1.29, 1.82) is 0 Å². The molecule has 1 N–H and O–H groups in total. The summed E-state index contributed by atoms with van der Waals surface area (Å²) in [5.74, 6) is 0.911. The Morgan fingerprint density at radius 2 is 2.08 bits per heavy atom. The van der Waals surface area contributed by atoms with E-state index in [0.717, 1.165) is 16.9 Å². The third-order valence-corrected chi connectivity index (χ3v) is 4.46. The summed E-state index contributed by atoms with van der Waals surface area (Å²) in [5, 5.41) is 7.31. The minimum Gasteiger partial charge on any atom is -0.494 e. The Kier molecular flexibility index (Phi) is 4.16. The molecule has 2 aromatic carbocycles. The third kappa shape index (κ3) is 2.94. The smallest absolute Gasteiger partial charge is 0.226 e. The van der Waals surface area contributed by atoms with Crippen LogP contribution >= 0.6 is 0 Å². The average molecular weight is 351 g/mol. The van der Waals surface area contributed by atoms with Crippen molar-refractivity contribution in [2.75, 3.05) is 11.9 Å². The van der Waals surface area contributed by atoms with Crippen molar-refractivity contribution < 1.29 is 13.9 Å². The molecule has 132 valence electrons. The van der Waals surface area contributed by atoms with Crippen molar-refractivity contribution >= 4 is 11.7 Å². The largest absolute Gasteiger partial charge is 0.494 e. The number of fused-ring (bicyclic) bond motifs is 1. The molecule has 2 heterocycles. The van der Waals surface area contributed by atoms with E-state index in [9.17, 15) is 9.18 Å². The lowest BCUT2D eigenvalue weighted by Crippen LogP contribution is -2.24. The van der Waals surface area contributed by atoms with Crippen LogP contribution in [0.1, 0.15) is 30.4 Å². The van der Waals surface area contributed by atoms with Crippen LogP contribution in [0.4, 0.5) is 10.2 Å². The molecule has 0 radical (unpaired) electrons. The molecule has 1 aliphatic heterocycles. The number of carbonyl (C=O) groups excluding carboxylic acids is 1. The zero-order valence-corrected chi connectivity index (χ0v) is 14.3. The van der Waals surface area contributed by atoms with Gasteiger partial charge in [-0.3, -0.25) is 4.79 Å². The van der Waals surface area contributed by atoms with Crippen molar-refractivity contribution in [3.63, 3.8) is 0 Å². The minimum absolute atomic E-state index is 0.0758. The first kappa shape index (κ1) is 16.3. The van der Waals surface area contributed by atoms with Crippen LogP contribution in [-0.4, -0.2) is 22.3 Å². The van der Waals surface area contributed by atoms with E-state index in [-0.39, 0.29) is 17.6 Å². The van der Waals surface area contributed by atoms with E-state index >= 15 is 0 Å². The standard InChI is InChI=1S/C20H18FN3O2/c1-2-26-16-5-3-4-13(10-16)17-11-19(25)23-20-18(17)12-22-24(20)15-8-6-14(21)7-9-15/h3-10,12,17H,2,11H2,1H3,(H,23,25)/t17-/m1/s1. The fraction of sp³-hybridized carbons (Fsp3) is 0.200. The summed E-state index contributed by atoms with van der Waals surface area (Å²) in [6.07, 6.45) is 2.10. The third-order valence-electron chi connectivity index (χ3n) is 4.46. The molecular formula is C20H18FN3O2. The number of nitrogens with one attached hydrogen (secondary N) is 1. The fourth-order valence-electron chi connectivity index (χ4n) is 3.28. The first-order chi connectivity index (χ1) is 12.7. The number of anilines is 1. The van der Waals surface area contributed by atoms with Crippen LogP contribution in [0.2, 0.25) is 0 Å². The van der Waals surface area contributed by atoms with Crippen molar-refractivity contribution in [3.8, 4) is 11.4 Å². The summed E-state index contributed by atoms with van der Waals surface area (Å²) in [4.78, 5) is 12.3. The second-order valence-electron chi connectivity index (χ2n) is 6.15. The highest BCUT2D eigenvalue weighted by Gasteiger charge is 2.30. The Morgan fingerprint density at radius 1 is 1.27 bits per heavy atom. The topological polar surface area (TPSA) is 56.1 Å². The summed E-state index contributed by atoms with van der Waals surface area (Å²) in [7, 11) is 0. The van der Waals surface area contributed by atoms with Gasteiger partial charge in [-0.1, -0.05) is 12.1 Å². The predicted molar refractivity (Wildman–Crippen MR) is 96.2 cm³/mol. The summed E-state index contributed by atoms with van der Waals surface area (Å²) in [5.41, 5.74) is 2.63. The molecule has 4 rings (SSSR count). The van der Waals surface area contributed by atoms with Gasteiger partial charge in [0.05, 0.1) is 18.5 Å². The summed E-state index contributed by atoms with van der Waals surface area (Å²) < 4.78 is 20.4. The van der Waals surface area contributed by atoms with Gasteiger partial charge < -0.3 is 10.1 Å². The molecule has 0 saturated carbocycles. The first-order valence-electron chi connectivity index (χ1n) is 8.52. The number of aromatic nitrogens is 2. The number of rotatable bonds is 4. The molecule has 0 saturated heterocycles. The summed E-state index contributed by atoms with van der Waals surface area (Å²) in [6, 6.07) is 13.8. The van der Waals surface area contributed by atoms with Crippen LogP contribution < -0.4 is 10.1 Å². The molecule has 0 aliphatic carbocycles. The van der Waals surface area contributed by atoms with E-state index in [0.29, 0.717) is 24.5 Å². The Hall–Kier alpha value is -3.15. The Balaban J connectivity index is 1.76. The van der Waals surface area contributed by atoms with Crippen LogP contribution in [0, 0.1) is 5.82 Å². The fourth-order valence-corrected chi connectivity index (χ4v) is 3.28. The molecule has 1 aliphatic rings. The second-order valence-corrected chi connectivity index (χ2v) is 6.15. The van der Waals surface area contributed by atoms with Crippen LogP contribution in [0.3, 0.4) is 0 Å². The van der Waals surface area contributed by atoms with E-state index in [1.165, 1.54) is 12.1 Å². The van der Waals surface area contributed by atoms with E-state index < -0.39 is 0 Å². The molecule has 3 aromatic rings. The van der Waals surface area contributed by atoms with Gasteiger partial charge in [0.15, 0.2) is 0 Å². The normalized spacial score (nSPS) is 16.1. The van der Waals surface area contributed by atoms with E-state index in [1.807, 2.05) is 31.2 Å². The summed E-state index contributed by atoms with van der Waals surface area (Å²) in [6.45, 7) is 2.52. The first-order valence-corrected chi connectivity index (χ1v) is 8.52. The zero-order valence-electron chi connectivity index (χ0n) is 14.3. The van der Waals surface area contributed by atoms with Crippen molar-refractivity contribution in [2.45, 2.75) is 19.3 Å². The highest BCUT2D eigenvalue weighted by Crippen LogP contribution is 2.38. The number of halogens is 1. The number of amides is 1. The molecule has 0 spiro atoms. The molecule has 5 nitrogen and oxygen atoms in total. The van der Waals surface area contributed by atoms with Gasteiger partial charge in [0, 0.05) is 17.9 Å². The van der Waals surface area contributed by atoms with E-state index in [1.54, 1.807) is 23.0 Å². The van der Waals surface area contributed by atoms with Crippen LogP contribution in [0.5, 0.6) is 5.75 Å². The van der Waals surface area contributed by atoms with Gasteiger partial charge in [0.1, 0.15) is 17.4 Å². The lowest BCUT2D eigenvalue weighted by atomic mass is 9.87. The van der Waals surface area contributed by atoms with Gasteiger partial charge in [-0.15, -0.1) is 0 Å². The van der Waals surface area contributed by atoms with Crippen molar-refractivity contribution in [1.82, 2.24) is 9.78 Å². The number of ether oxygens (including phenoxy) is 1. The molecular weight excluding hydrogens is 333 g/mol. The molecule has 0 fully saturated rings. The number of benzene rings is 2. The molecule has 1 amide bonds. The van der Waals surface area contributed by atoms with Gasteiger partial charge in [0.2, 0.25) is 5.91 Å². The van der Waals surface area contributed by atoms with Gasteiger partial charge in [-0.25, -0.2) is 9.07 Å². The van der Waals surface area contributed by atoms with Crippen LogP contribution in [-0.2, 0) is 4.79 Å². The van der Waals surface area contributed by atoms with Crippen LogP contribution in [0.25, 0.3) is 5.69 Å². The number of carbonyl (C=O) groups is 1. The number of hydrogen-bond acceptors (Lipinski definition) is 3. The van der Waals surface area contributed by atoms with Gasteiger partial charge in [-0.2, -0.15) is 5.10 Å². The molecule has 0 unspecified atom stereocenters. The highest BCUT2D eigenvalue weighted by atomic mass is 19.1. The van der Waals surface area contributed by atoms with Gasteiger partial charge in [-0.05, 0) is 48.9 Å². The average Bonchev–Trinajstić information content (AvgIpc) is 3.06. The molecule has 0 bridgehead atoms. The molecule has 26 heavy (non-hydrogen) atoms. The SMILES string of the molecule is CCOc1cccc([C@H]2CC(=O)Nc3c2cnn3-c2ccc(F)cc2)c1. The Bertz CT molecular complexity index is 950. The second kappa shape index (κ2) is 6.63. The van der Waals surface area contributed by atoms with Crippen molar-refractivity contribution in [3.05, 3.63) is 71.7 Å². The van der Waals surface area contributed by atoms with E-state index in [4.69, 9.17) is 4.74 Å². The molecule has 1 aromatic heterocycles. The van der Waals surface area contributed by atoms with E-state index in [2.05, 4.69) is 10.4 Å². The monoisotopic (exact) mass is 351 g/mol. The molecule has 6 heteroatoms.